The number of nitrogens with zero attached hydrogens (tertiary/aromatic N) is 3. The van der Waals surface area contributed by atoms with Gasteiger partial charge in [-0.15, -0.1) is 0 Å². The van der Waals surface area contributed by atoms with Gasteiger partial charge in [0.1, 0.15) is 0 Å². The Morgan fingerprint density at radius 2 is 1.68 bits per heavy atom. The number of carboxylic acid groups (broad SMARTS) is 1. The third-order valence-electron chi connectivity index (χ3n) is 3.74. The van der Waals surface area contributed by atoms with Crippen molar-refractivity contribution in [3.63, 3.8) is 0 Å². The monoisotopic (exact) mass is 395 g/mol. The molecule has 8 heteroatoms. The average molecular weight is 395 g/mol. The average Bonchev–Trinajstić information content (AvgIpc) is 2.96. The third-order valence-corrected chi connectivity index (χ3v) is 4.70. The summed E-state index contributed by atoms with van der Waals surface area (Å²) in [6, 6.07) is 14.4. The minimum Gasteiger partial charge on any atom is -0.478 e. The van der Waals surface area contributed by atoms with Gasteiger partial charge in [0.15, 0.2) is 5.17 Å². The van der Waals surface area contributed by atoms with Gasteiger partial charge in [-0.3, -0.25) is 9.59 Å². The number of hydrogen-bond donors (Lipinski definition) is 1. The second kappa shape index (κ2) is 8.10. The number of carbonyl (C=O) groups excluding carboxylic acids is 2. The summed E-state index contributed by atoms with van der Waals surface area (Å²) in [5.41, 5.74) is 0.943. The summed E-state index contributed by atoms with van der Waals surface area (Å²) in [5, 5.41) is 9.22. The lowest BCUT2D eigenvalue weighted by Gasteiger charge is -2.13. The van der Waals surface area contributed by atoms with Gasteiger partial charge in [-0.05, 0) is 48.2 Å². The minimum atomic E-state index is -1.04. The van der Waals surface area contributed by atoms with E-state index >= 15 is 0 Å². The van der Waals surface area contributed by atoms with Crippen LogP contribution in [0.5, 0.6) is 0 Å². The first-order valence-corrected chi connectivity index (χ1v) is 9.10. The van der Waals surface area contributed by atoms with Crippen LogP contribution in [0.3, 0.4) is 0 Å². The van der Waals surface area contributed by atoms with Gasteiger partial charge in [0, 0.05) is 25.9 Å². The quantitative estimate of drug-likeness (QED) is 0.632. The molecule has 1 saturated heterocycles. The first-order chi connectivity index (χ1) is 13.4. The Kier molecular flexibility index (Phi) is 5.60. The molecule has 1 N–H and O–H groups in total. The van der Waals surface area contributed by atoms with E-state index in [0.29, 0.717) is 16.2 Å². The Labute approximate surface area is 166 Å². The van der Waals surface area contributed by atoms with Gasteiger partial charge in [0.2, 0.25) is 0 Å². The van der Waals surface area contributed by atoms with Gasteiger partial charge in [0.05, 0.1) is 16.2 Å². The number of amides is 2. The molecular formula is C20H17N3O4S. The molecule has 0 atom stereocenters. The van der Waals surface area contributed by atoms with Crippen LogP contribution in [0.4, 0.5) is 5.69 Å². The van der Waals surface area contributed by atoms with Gasteiger partial charge in [-0.1, -0.05) is 18.2 Å². The molecule has 2 aromatic carbocycles. The summed E-state index contributed by atoms with van der Waals surface area (Å²) in [6.07, 6.45) is 1.63. The molecule has 0 bridgehead atoms. The molecule has 0 aliphatic carbocycles. The molecule has 2 amide bonds. The van der Waals surface area contributed by atoms with Crippen molar-refractivity contribution >= 4 is 40.4 Å². The number of benzene rings is 2. The number of carbonyl (C=O) groups is 3. The van der Waals surface area contributed by atoms with Crippen molar-refractivity contribution in [2.75, 3.05) is 14.1 Å². The van der Waals surface area contributed by atoms with Gasteiger partial charge >= 0.3 is 5.97 Å². The highest BCUT2D eigenvalue weighted by atomic mass is 32.2. The molecular weight excluding hydrogens is 378 g/mol. The number of imide groups is 1. The first kappa shape index (κ1) is 19.4. The highest BCUT2D eigenvalue weighted by Gasteiger charge is 2.38. The van der Waals surface area contributed by atoms with Crippen molar-refractivity contribution in [3.8, 4) is 0 Å². The number of amidine groups is 1. The fourth-order valence-corrected chi connectivity index (χ4v) is 3.50. The molecule has 1 aliphatic rings. The topological polar surface area (TPSA) is 90.3 Å². The van der Waals surface area contributed by atoms with E-state index < -0.39 is 17.8 Å². The van der Waals surface area contributed by atoms with Crippen molar-refractivity contribution in [1.29, 1.82) is 0 Å². The maximum atomic E-state index is 12.9. The molecule has 2 aromatic rings. The normalized spacial score (nSPS) is 16.6. The predicted octanol–water partition coefficient (Wildman–Crippen LogP) is 3.19. The molecule has 0 radical (unpaired) electrons. The van der Waals surface area contributed by atoms with Gasteiger partial charge in [0.25, 0.3) is 11.8 Å². The van der Waals surface area contributed by atoms with Crippen LogP contribution in [0.2, 0.25) is 0 Å². The van der Waals surface area contributed by atoms with Crippen LogP contribution >= 0.6 is 11.8 Å². The van der Waals surface area contributed by atoms with Gasteiger partial charge in [-0.25, -0.2) is 14.7 Å². The number of carboxylic acids is 1. The lowest BCUT2D eigenvalue weighted by atomic mass is 10.2. The molecule has 142 valence electrons. The van der Waals surface area contributed by atoms with E-state index in [-0.39, 0.29) is 10.7 Å². The summed E-state index contributed by atoms with van der Waals surface area (Å²) >= 11 is 1.09. The molecule has 1 heterocycles. The molecule has 28 heavy (non-hydrogen) atoms. The number of thioether (sulfide) groups is 1. The molecule has 0 aromatic heterocycles. The fourth-order valence-electron chi connectivity index (χ4n) is 2.45. The van der Waals surface area contributed by atoms with Gasteiger partial charge in [-0.2, -0.15) is 0 Å². The number of hydrogen-bond acceptors (Lipinski definition) is 6. The van der Waals surface area contributed by atoms with E-state index in [1.807, 2.05) is 0 Å². The van der Waals surface area contributed by atoms with E-state index in [1.165, 1.54) is 24.3 Å². The standard InChI is InChI=1S/C20H17N3O4S/c1-22(2)12-16-18(25)23(17(24)13-6-4-3-5-7-13)20(28-16)21-15-10-8-14(9-11-15)19(26)27/h3-12H,1-2H3,(H,26,27). The lowest BCUT2D eigenvalue weighted by molar-refractivity contribution is -0.120. The SMILES string of the molecule is CN(C)C=C1SC(=Nc2ccc(C(=O)O)cc2)N(C(=O)c2ccccc2)C1=O. The van der Waals surface area contributed by atoms with Gasteiger partial charge < -0.3 is 10.0 Å². The molecule has 0 unspecified atom stereocenters. The van der Waals surface area contributed by atoms with Crippen molar-refractivity contribution in [1.82, 2.24) is 9.80 Å². The van der Waals surface area contributed by atoms with Crippen molar-refractivity contribution in [2.24, 2.45) is 4.99 Å². The third kappa shape index (κ3) is 4.12. The van der Waals surface area contributed by atoms with E-state index in [9.17, 15) is 14.4 Å². The van der Waals surface area contributed by atoms with Crippen LogP contribution in [-0.2, 0) is 4.79 Å². The van der Waals surface area contributed by atoms with Crippen LogP contribution in [0, 0.1) is 0 Å². The summed E-state index contributed by atoms with van der Waals surface area (Å²) in [6.45, 7) is 0. The summed E-state index contributed by atoms with van der Waals surface area (Å²) in [4.78, 5) is 44.3. The second-order valence-corrected chi connectivity index (χ2v) is 7.13. The molecule has 1 aliphatic heterocycles. The van der Waals surface area contributed by atoms with Crippen LogP contribution in [0.25, 0.3) is 0 Å². The van der Waals surface area contributed by atoms with Crippen LogP contribution in [-0.4, -0.2) is 52.0 Å². The van der Waals surface area contributed by atoms with E-state index in [2.05, 4.69) is 4.99 Å². The number of aliphatic imine (C=N–C) groups is 1. The van der Waals surface area contributed by atoms with Crippen LogP contribution < -0.4 is 0 Å². The largest absolute Gasteiger partial charge is 0.478 e. The van der Waals surface area contributed by atoms with E-state index in [0.717, 1.165) is 16.7 Å². The number of rotatable bonds is 4. The molecule has 3 rings (SSSR count). The Balaban J connectivity index is 2.01. The summed E-state index contributed by atoms with van der Waals surface area (Å²) in [7, 11) is 3.56. The highest BCUT2D eigenvalue weighted by Crippen LogP contribution is 2.34. The zero-order valence-corrected chi connectivity index (χ0v) is 16.0. The van der Waals surface area contributed by atoms with Crippen molar-refractivity contribution in [2.45, 2.75) is 0 Å². The smallest absolute Gasteiger partial charge is 0.335 e. The zero-order valence-electron chi connectivity index (χ0n) is 15.2. The Hall–Kier alpha value is -3.39. The Bertz CT molecular complexity index is 982. The molecule has 0 saturated carbocycles. The zero-order chi connectivity index (χ0) is 20.3. The fraction of sp³-hybridized carbons (Fsp3) is 0.100. The number of aromatic carboxylic acids is 1. The van der Waals surface area contributed by atoms with E-state index in [4.69, 9.17) is 5.11 Å². The van der Waals surface area contributed by atoms with Crippen LogP contribution in [0.15, 0.2) is 70.7 Å². The molecule has 7 nitrogen and oxygen atoms in total. The minimum absolute atomic E-state index is 0.129. The van der Waals surface area contributed by atoms with Crippen molar-refractivity contribution < 1.29 is 19.5 Å². The molecule has 0 spiro atoms. The maximum absolute atomic E-state index is 12.9. The molecule has 1 fully saturated rings. The first-order valence-electron chi connectivity index (χ1n) is 8.29. The predicted molar refractivity (Wildman–Crippen MR) is 107 cm³/mol. The lowest BCUT2D eigenvalue weighted by Crippen LogP contribution is -2.35. The maximum Gasteiger partial charge on any atom is 0.335 e. The van der Waals surface area contributed by atoms with Crippen molar-refractivity contribution in [3.05, 3.63) is 76.8 Å². The second-order valence-electron chi connectivity index (χ2n) is 6.12. The highest BCUT2D eigenvalue weighted by molar-refractivity contribution is 8.18. The Morgan fingerprint density at radius 3 is 2.25 bits per heavy atom. The summed E-state index contributed by atoms with van der Waals surface area (Å²) < 4.78 is 0. The summed E-state index contributed by atoms with van der Waals surface area (Å²) in [5.74, 6) is -1.96. The van der Waals surface area contributed by atoms with E-state index in [1.54, 1.807) is 55.5 Å². The van der Waals surface area contributed by atoms with Crippen LogP contribution in [0.1, 0.15) is 20.7 Å². The Morgan fingerprint density at radius 1 is 1.04 bits per heavy atom.